The number of nitrogens with zero attached hydrogens (tertiary/aromatic N) is 4. The minimum atomic E-state index is -4.52. The Labute approximate surface area is 189 Å². The van der Waals surface area contributed by atoms with E-state index in [1.807, 2.05) is 24.3 Å². The summed E-state index contributed by atoms with van der Waals surface area (Å²) < 4.78 is 51.4. The molecular weight excluding hydrogens is 433 g/mol. The molecule has 2 fully saturated rings. The first kappa shape index (κ1) is 21.6. The molecule has 174 valence electrons. The van der Waals surface area contributed by atoms with E-state index in [2.05, 4.69) is 14.8 Å². The van der Waals surface area contributed by atoms with Gasteiger partial charge in [0.15, 0.2) is 0 Å². The highest BCUT2D eigenvalue weighted by molar-refractivity contribution is 5.92. The lowest BCUT2D eigenvalue weighted by molar-refractivity contribution is -0.138. The van der Waals surface area contributed by atoms with Crippen LogP contribution in [0, 0.1) is 0 Å². The first-order chi connectivity index (χ1) is 15.9. The highest BCUT2D eigenvalue weighted by Gasteiger charge is 2.36. The Balaban J connectivity index is 1.51. The van der Waals surface area contributed by atoms with Crippen LogP contribution in [0.15, 0.2) is 36.4 Å². The summed E-state index contributed by atoms with van der Waals surface area (Å²) in [5, 5.41) is 0.579. The van der Waals surface area contributed by atoms with Crippen molar-refractivity contribution in [1.82, 2.24) is 9.97 Å². The second-order valence-corrected chi connectivity index (χ2v) is 8.39. The van der Waals surface area contributed by atoms with Gasteiger partial charge < -0.3 is 19.3 Å². The minimum Gasteiger partial charge on any atom is -0.496 e. The number of hydrogen-bond acceptors (Lipinski definition) is 6. The molecule has 2 aromatic carbocycles. The number of para-hydroxylation sites is 2. The van der Waals surface area contributed by atoms with Crippen LogP contribution in [0.4, 0.5) is 24.7 Å². The summed E-state index contributed by atoms with van der Waals surface area (Å²) in [6.45, 7) is 2.83. The molecule has 0 N–H and O–H groups in total. The predicted octanol–water partition coefficient (Wildman–Crippen LogP) is 4.87. The molecule has 0 unspecified atom stereocenters. The summed E-state index contributed by atoms with van der Waals surface area (Å²) in [4.78, 5) is 13.7. The molecule has 3 aromatic rings. The molecule has 5 rings (SSSR count). The van der Waals surface area contributed by atoms with Crippen molar-refractivity contribution < 1.29 is 22.6 Å². The average Bonchev–Trinajstić information content (AvgIpc) is 3.67. The van der Waals surface area contributed by atoms with Crippen molar-refractivity contribution in [2.24, 2.45) is 0 Å². The monoisotopic (exact) mass is 458 g/mol. The molecule has 0 atom stereocenters. The van der Waals surface area contributed by atoms with Gasteiger partial charge in [0.1, 0.15) is 23.1 Å². The Morgan fingerprint density at radius 2 is 1.55 bits per heavy atom. The molecule has 1 aliphatic heterocycles. The van der Waals surface area contributed by atoms with Crippen LogP contribution in [-0.4, -0.2) is 50.4 Å². The van der Waals surface area contributed by atoms with Crippen LogP contribution in [0.25, 0.3) is 10.9 Å². The van der Waals surface area contributed by atoms with Crippen molar-refractivity contribution in [2.75, 3.05) is 50.2 Å². The Morgan fingerprint density at radius 1 is 0.879 bits per heavy atom. The number of ether oxygens (including phenoxy) is 2. The summed E-state index contributed by atoms with van der Waals surface area (Å²) in [5.41, 5.74) is 0.523. The van der Waals surface area contributed by atoms with Gasteiger partial charge in [-0.3, -0.25) is 0 Å². The Morgan fingerprint density at radius 3 is 2.18 bits per heavy atom. The van der Waals surface area contributed by atoms with Crippen molar-refractivity contribution >= 4 is 22.4 Å². The number of alkyl halides is 3. The topological polar surface area (TPSA) is 50.7 Å². The predicted molar refractivity (Wildman–Crippen MR) is 120 cm³/mol. The van der Waals surface area contributed by atoms with E-state index in [9.17, 15) is 13.2 Å². The number of halogens is 3. The zero-order valence-corrected chi connectivity index (χ0v) is 18.5. The van der Waals surface area contributed by atoms with Gasteiger partial charge >= 0.3 is 6.18 Å². The minimum absolute atomic E-state index is 0.216. The van der Waals surface area contributed by atoms with E-state index < -0.39 is 11.7 Å². The van der Waals surface area contributed by atoms with Crippen molar-refractivity contribution in [3.05, 3.63) is 47.8 Å². The number of benzene rings is 2. The van der Waals surface area contributed by atoms with Crippen LogP contribution in [-0.2, 0) is 6.18 Å². The fraction of sp³-hybridized carbons (Fsp3) is 0.417. The Kier molecular flexibility index (Phi) is 5.42. The van der Waals surface area contributed by atoms with E-state index in [-0.39, 0.29) is 11.7 Å². The smallest absolute Gasteiger partial charge is 0.420 e. The Bertz CT molecular complexity index is 1170. The maximum Gasteiger partial charge on any atom is 0.420 e. The third kappa shape index (κ3) is 4.12. The van der Waals surface area contributed by atoms with Crippen LogP contribution >= 0.6 is 0 Å². The standard InChI is InChI=1S/C24H25F3N4O2/c1-32-20-6-4-3-5-19(20)30-9-11-31(12-10-30)23-16-13-21(33-2)17(24(25,26)27)14-18(16)28-22(29-23)15-7-8-15/h3-6,13-15H,7-12H2,1-2H3. The van der Waals surface area contributed by atoms with Gasteiger partial charge in [0, 0.05) is 37.5 Å². The summed E-state index contributed by atoms with van der Waals surface area (Å²) in [5.74, 6) is 2.13. The summed E-state index contributed by atoms with van der Waals surface area (Å²) in [6, 6.07) is 10.4. The molecule has 0 bridgehead atoms. The van der Waals surface area contributed by atoms with Crippen molar-refractivity contribution in [1.29, 1.82) is 0 Å². The molecule has 2 aliphatic rings. The number of rotatable bonds is 5. The zero-order chi connectivity index (χ0) is 23.2. The fourth-order valence-corrected chi connectivity index (χ4v) is 4.36. The maximum atomic E-state index is 13.6. The highest BCUT2D eigenvalue weighted by atomic mass is 19.4. The molecule has 9 heteroatoms. The molecule has 6 nitrogen and oxygen atoms in total. The highest BCUT2D eigenvalue weighted by Crippen LogP contribution is 2.43. The fourth-order valence-electron chi connectivity index (χ4n) is 4.36. The van der Waals surface area contributed by atoms with Crippen LogP contribution in [0.3, 0.4) is 0 Å². The second-order valence-electron chi connectivity index (χ2n) is 8.39. The van der Waals surface area contributed by atoms with Gasteiger partial charge in [0.25, 0.3) is 0 Å². The van der Waals surface area contributed by atoms with Crippen LogP contribution < -0.4 is 19.3 Å². The summed E-state index contributed by atoms with van der Waals surface area (Å²) in [7, 11) is 2.91. The van der Waals surface area contributed by atoms with Gasteiger partial charge in [-0.1, -0.05) is 12.1 Å². The Hall–Kier alpha value is -3.23. The van der Waals surface area contributed by atoms with Crippen LogP contribution in [0.1, 0.15) is 30.1 Å². The molecule has 1 saturated carbocycles. The summed E-state index contributed by atoms with van der Waals surface area (Å²) >= 11 is 0. The van der Waals surface area contributed by atoms with Gasteiger partial charge in [-0.05, 0) is 37.1 Å². The van der Waals surface area contributed by atoms with Gasteiger partial charge in [-0.2, -0.15) is 13.2 Å². The van der Waals surface area contributed by atoms with Crippen LogP contribution in [0.5, 0.6) is 11.5 Å². The van der Waals surface area contributed by atoms with E-state index in [1.165, 1.54) is 13.2 Å². The van der Waals surface area contributed by atoms with E-state index >= 15 is 0 Å². The molecule has 0 amide bonds. The van der Waals surface area contributed by atoms with E-state index in [4.69, 9.17) is 14.5 Å². The molecule has 1 aliphatic carbocycles. The van der Waals surface area contributed by atoms with Gasteiger partial charge in [-0.15, -0.1) is 0 Å². The van der Waals surface area contributed by atoms with Crippen molar-refractivity contribution in [2.45, 2.75) is 24.9 Å². The van der Waals surface area contributed by atoms with Crippen LogP contribution in [0.2, 0.25) is 0 Å². The lowest BCUT2D eigenvalue weighted by atomic mass is 10.1. The largest absolute Gasteiger partial charge is 0.496 e. The molecule has 2 heterocycles. The van der Waals surface area contributed by atoms with E-state index in [0.717, 1.165) is 43.4 Å². The number of anilines is 2. The zero-order valence-electron chi connectivity index (χ0n) is 18.5. The SMILES string of the molecule is COc1ccccc1N1CCN(c2nc(C3CC3)nc3cc(C(F)(F)F)c(OC)cc23)CC1. The maximum absolute atomic E-state index is 13.6. The van der Waals surface area contributed by atoms with E-state index in [1.54, 1.807) is 7.11 Å². The van der Waals surface area contributed by atoms with Gasteiger partial charge in [0.05, 0.1) is 31.0 Å². The average molecular weight is 458 g/mol. The number of hydrogen-bond donors (Lipinski definition) is 0. The first-order valence-corrected chi connectivity index (χ1v) is 11.0. The number of aromatic nitrogens is 2. The molecule has 33 heavy (non-hydrogen) atoms. The number of fused-ring (bicyclic) bond motifs is 1. The molecule has 1 saturated heterocycles. The van der Waals surface area contributed by atoms with E-state index in [0.29, 0.717) is 35.6 Å². The second kappa shape index (κ2) is 8.28. The number of piperazine rings is 1. The summed E-state index contributed by atoms with van der Waals surface area (Å²) in [6.07, 6.45) is -2.59. The van der Waals surface area contributed by atoms with Crippen molar-refractivity contribution in [3.63, 3.8) is 0 Å². The third-order valence-electron chi connectivity index (χ3n) is 6.27. The number of methoxy groups -OCH3 is 2. The molecular formula is C24H25F3N4O2. The first-order valence-electron chi connectivity index (χ1n) is 11.0. The molecule has 1 aromatic heterocycles. The van der Waals surface area contributed by atoms with Gasteiger partial charge in [-0.25, -0.2) is 9.97 Å². The van der Waals surface area contributed by atoms with Gasteiger partial charge in [0.2, 0.25) is 0 Å². The van der Waals surface area contributed by atoms with Crippen molar-refractivity contribution in [3.8, 4) is 11.5 Å². The lowest BCUT2D eigenvalue weighted by Gasteiger charge is -2.37. The quantitative estimate of drug-likeness (QED) is 0.544. The normalized spacial score (nSPS) is 16.9. The lowest BCUT2D eigenvalue weighted by Crippen LogP contribution is -2.47. The third-order valence-corrected chi connectivity index (χ3v) is 6.27. The molecule has 0 radical (unpaired) electrons. The molecule has 0 spiro atoms.